The number of rotatable bonds is 1. The van der Waals surface area contributed by atoms with Crippen molar-refractivity contribution < 1.29 is 4.43 Å². The molecule has 0 bridgehead atoms. The lowest BCUT2D eigenvalue weighted by Gasteiger charge is -2.14. The third-order valence-corrected chi connectivity index (χ3v) is 4.10. The number of benzene rings is 2. The smallest absolute Gasteiger partial charge is 0.351 e. The van der Waals surface area contributed by atoms with Crippen molar-refractivity contribution in [2.75, 3.05) is 0 Å². The van der Waals surface area contributed by atoms with Gasteiger partial charge in [0.2, 0.25) is 0 Å². The van der Waals surface area contributed by atoms with E-state index in [0.29, 0.717) is 14.8 Å². The molecular formula is C18H13N3O3. The van der Waals surface area contributed by atoms with Gasteiger partial charge >= 0.3 is 11.1 Å². The fourth-order valence-electron chi connectivity index (χ4n) is 2.84. The van der Waals surface area contributed by atoms with Crippen LogP contribution in [0.15, 0.2) is 65.6 Å². The zero-order valence-electron chi connectivity index (χ0n) is 12.8. The summed E-state index contributed by atoms with van der Waals surface area (Å²) in [6.07, 6.45) is 1.51. The maximum atomic E-state index is 12.8. The van der Waals surface area contributed by atoms with Gasteiger partial charge in [-0.25, -0.2) is 0 Å². The summed E-state index contributed by atoms with van der Waals surface area (Å²) < 4.78 is 2.52. The molecule has 0 unspecified atom stereocenters. The number of hydrogen-bond donors (Lipinski definition) is 0. The van der Waals surface area contributed by atoms with Crippen molar-refractivity contribution in [2.45, 2.75) is 6.92 Å². The quantitative estimate of drug-likeness (QED) is 0.400. The minimum Gasteiger partial charge on any atom is -0.805 e. The summed E-state index contributed by atoms with van der Waals surface area (Å²) in [5.41, 5.74) is 1.45. The van der Waals surface area contributed by atoms with Crippen LogP contribution in [0.4, 0.5) is 0 Å². The third kappa shape index (κ3) is 1.93. The molecular weight excluding hydrogens is 306 g/mol. The van der Waals surface area contributed by atoms with Crippen LogP contribution in [0.25, 0.3) is 27.8 Å². The topological polar surface area (TPSA) is 73.0 Å². The van der Waals surface area contributed by atoms with Crippen molar-refractivity contribution in [1.29, 1.82) is 0 Å². The zero-order chi connectivity index (χ0) is 16.8. The summed E-state index contributed by atoms with van der Waals surface area (Å²) in [6, 6.07) is 15.3. The highest BCUT2D eigenvalue weighted by atomic mass is 16.5. The molecule has 2 heterocycles. The van der Waals surface area contributed by atoms with Crippen molar-refractivity contribution in [1.82, 2.24) is 9.30 Å². The molecule has 4 aromatic rings. The van der Waals surface area contributed by atoms with E-state index in [1.807, 2.05) is 19.1 Å². The zero-order valence-corrected chi connectivity index (χ0v) is 12.8. The van der Waals surface area contributed by atoms with Crippen LogP contribution in [-0.4, -0.2) is 9.30 Å². The van der Waals surface area contributed by atoms with Crippen molar-refractivity contribution in [3.8, 4) is 5.69 Å². The highest BCUT2D eigenvalue weighted by molar-refractivity contribution is 5.82. The maximum absolute atomic E-state index is 12.8. The lowest BCUT2D eigenvalue weighted by atomic mass is 10.2. The number of hydrogen-bond acceptors (Lipinski definition) is 3. The molecule has 2 aromatic heterocycles. The first-order valence-corrected chi connectivity index (χ1v) is 7.44. The van der Waals surface area contributed by atoms with Gasteiger partial charge in [0.25, 0.3) is 5.52 Å². The Morgan fingerprint density at radius 3 is 2.42 bits per heavy atom. The summed E-state index contributed by atoms with van der Waals surface area (Å²) >= 11 is 0. The molecule has 4 rings (SSSR count). The van der Waals surface area contributed by atoms with E-state index >= 15 is 0 Å². The van der Waals surface area contributed by atoms with Crippen LogP contribution in [0.2, 0.25) is 0 Å². The van der Waals surface area contributed by atoms with E-state index in [2.05, 4.69) is 0 Å². The van der Waals surface area contributed by atoms with Gasteiger partial charge in [0.05, 0.1) is 4.43 Å². The Balaban J connectivity index is 2.15. The Kier molecular flexibility index (Phi) is 2.99. The number of pyridine rings is 1. The first-order valence-electron chi connectivity index (χ1n) is 7.44. The first kappa shape index (κ1) is 14.2. The molecule has 0 radical (unpaired) electrons. The second-order valence-corrected chi connectivity index (χ2v) is 5.64. The van der Waals surface area contributed by atoms with Crippen LogP contribution in [0.1, 0.15) is 5.56 Å². The molecule has 0 saturated heterocycles. The summed E-state index contributed by atoms with van der Waals surface area (Å²) in [4.78, 5) is 25.5. The molecule has 2 aromatic carbocycles. The molecule has 0 atom stereocenters. The summed E-state index contributed by atoms with van der Waals surface area (Å²) in [7, 11) is 0. The lowest BCUT2D eigenvalue weighted by molar-refractivity contribution is -0.433. The van der Waals surface area contributed by atoms with Gasteiger partial charge in [0.15, 0.2) is 0 Å². The summed E-state index contributed by atoms with van der Waals surface area (Å²) in [6.45, 7) is 1.95. The van der Waals surface area contributed by atoms with Gasteiger partial charge in [0.1, 0.15) is 11.0 Å². The van der Waals surface area contributed by atoms with Crippen LogP contribution >= 0.6 is 0 Å². The van der Waals surface area contributed by atoms with Gasteiger partial charge in [-0.15, -0.1) is 0 Å². The average Bonchev–Trinajstić information content (AvgIpc) is 2.60. The Morgan fingerprint density at radius 1 is 0.958 bits per heavy atom. The fourth-order valence-corrected chi connectivity index (χ4v) is 2.84. The van der Waals surface area contributed by atoms with Gasteiger partial charge in [0, 0.05) is 22.9 Å². The Hall–Kier alpha value is -3.41. The number of para-hydroxylation sites is 2. The minimum absolute atomic E-state index is 0.0528. The maximum Gasteiger partial charge on any atom is 0.351 e. The molecule has 0 aliphatic rings. The number of aromatic nitrogens is 3. The molecule has 118 valence electrons. The van der Waals surface area contributed by atoms with E-state index in [0.717, 1.165) is 5.56 Å². The summed E-state index contributed by atoms with van der Waals surface area (Å²) in [5, 5.41) is 12.5. The molecule has 6 heteroatoms. The van der Waals surface area contributed by atoms with Gasteiger partial charge in [-0.1, -0.05) is 29.8 Å². The third-order valence-electron chi connectivity index (χ3n) is 4.10. The van der Waals surface area contributed by atoms with E-state index in [-0.39, 0.29) is 22.1 Å². The van der Waals surface area contributed by atoms with Gasteiger partial charge in [-0.05, 0) is 31.2 Å². The minimum atomic E-state index is -0.526. The molecule has 0 saturated carbocycles. The van der Waals surface area contributed by atoms with E-state index in [4.69, 9.17) is 0 Å². The average molecular weight is 319 g/mol. The van der Waals surface area contributed by atoms with Crippen LogP contribution in [0.5, 0.6) is 0 Å². The first-order chi connectivity index (χ1) is 11.6. The Morgan fingerprint density at radius 2 is 1.67 bits per heavy atom. The van der Waals surface area contributed by atoms with Crippen molar-refractivity contribution in [3.05, 3.63) is 86.8 Å². The standard InChI is InChI=1S/C18H13N3O3/c1-12-6-8-13(9-7-12)19-11-10-16-17(18(19)22)21(24)15-5-3-2-4-14(15)20(16)23/h2-11H,1H3. The van der Waals surface area contributed by atoms with Gasteiger partial charge < -0.3 is 9.94 Å². The van der Waals surface area contributed by atoms with Crippen molar-refractivity contribution >= 4 is 22.1 Å². The van der Waals surface area contributed by atoms with E-state index in [9.17, 15) is 14.9 Å². The second kappa shape index (κ2) is 5.06. The lowest BCUT2D eigenvalue weighted by Crippen LogP contribution is -2.30. The largest absolute Gasteiger partial charge is 0.805 e. The highest BCUT2D eigenvalue weighted by Crippen LogP contribution is 2.16. The molecule has 0 aliphatic heterocycles. The van der Waals surface area contributed by atoms with E-state index in [1.54, 1.807) is 30.3 Å². The van der Waals surface area contributed by atoms with Crippen molar-refractivity contribution in [3.63, 3.8) is 0 Å². The van der Waals surface area contributed by atoms with Crippen LogP contribution < -0.4 is 9.99 Å². The van der Waals surface area contributed by atoms with E-state index in [1.165, 1.54) is 22.9 Å². The number of nitrogens with zero attached hydrogens (tertiary/aromatic N) is 3. The molecule has 0 fully saturated rings. The van der Waals surface area contributed by atoms with Crippen molar-refractivity contribution in [2.24, 2.45) is 0 Å². The predicted molar refractivity (Wildman–Crippen MR) is 91.9 cm³/mol. The molecule has 0 amide bonds. The Bertz CT molecular complexity index is 1200. The van der Waals surface area contributed by atoms with Gasteiger partial charge in [-0.2, -0.15) is 0 Å². The van der Waals surface area contributed by atoms with Gasteiger partial charge in [-0.3, -0.25) is 9.36 Å². The molecule has 0 spiro atoms. The highest BCUT2D eigenvalue weighted by Gasteiger charge is 2.20. The molecule has 24 heavy (non-hydrogen) atoms. The van der Waals surface area contributed by atoms with Crippen LogP contribution in [0, 0.1) is 17.0 Å². The van der Waals surface area contributed by atoms with E-state index < -0.39 is 5.56 Å². The monoisotopic (exact) mass is 319 g/mol. The fraction of sp³-hybridized carbons (Fsp3) is 0.0556. The van der Waals surface area contributed by atoms with Crippen LogP contribution in [-0.2, 0) is 0 Å². The summed E-state index contributed by atoms with van der Waals surface area (Å²) in [5.74, 6) is 0. The molecule has 6 nitrogen and oxygen atoms in total. The second-order valence-electron chi connectivity index (χ2n) is 5.64. The number of fused-ring (bicyclic) bond motifs is 2. The number of aryl methyl sites for hydroxylation is 1. The molecule has 0 N–H and O–H groups in total. The predicted octanol–water partition coefficient (Wildman–Crippen LogP) is 2.51. The Labute approximate surface area is 136 Å². The van der Waals surface area contributed by atoms with Crippen LogP contribution in [0.3, 0.4) is 0 Å². The normalized spacial score (nSPS) is 11.2. The SMILES string of the molecule is Cc1ccc(-n2ccc3c(c2=O)[n+](=O)c2ccccc2n3[O-])cc1. The molecule has 0 aliphatic carbocycles.